The first kappa shape index (κ1) is 20.6. The van der Waals surface area contributed by atoms with E-state index in [1.165, 1.54) is 13.8 Å². The highest BCUT2D eigenvalue weighted by atomic mass is 16.6. The molecule has 7 nitrogen and oxygen atoms in total. The molecule has 0 spiro atoms. The number of benzene rings is 1. The quantitative estimate of drug-likeness (QED) is 0.545. The Labute approximate surface area is 176 Å². The molecule has 30 heavy (non-hydrogen) atoms. The van der Waals surface area contributed by atoms with Gasteiger partial charge in [0.1, 0.15) is 12.7 Å². The molecule has 0 saturated heterocycles. The van der Waals surface area contributed by atoms with Gasteiger partial charge in [-0.2, -0.15) is 0 Å². The summed E-state index contributed by atoms with van der Waals surface area (Å²) in [5, 5.41) is 0. The first-order chi connectivity index (χ1) is 14.4. The molecule has 0 N–H and O–H groups in total. The maximum absolute atomic E-state index is 13.0. The Kier molecular flexibility index (Phi) is 5.64. The van der Waals surface area contributed by atoms with Crippen molar-refractivity contribution in [2.24, 2.45) is 11.3 Å². The molecule has 0 radical (unpaired) electrons. The van der Waals surface area contributed by atoms with Crippen LogP contribution in [0.15, 0.2) is 42.5 Å². The van der Waals surface area contributed by atoms with Crippen molar-refractivity contribution >= 4 is 17.8 Å². The molecule has 7 heteroatoms. The summed E-state index contributed by atoms with van der Waals surface area (Å²) in [7, 11) is 0. The Hall–Kier alpha value is -2.67. The summed E-state index contributed by atoms with van der Waals surface area (Å²) in [5.41, 5.74) is 0.374. The third-order valence-corrected chi connectivity index (χ3v) is 6.55. The summed E-state index contributed by atoms with van der Waals surface area (Å²) >= 11 is 0. The molecular weight excluding hydrogens is 384 g/mol. The zero-order chi connectivity index (χ0) is 21.3. The van der Waals surface area contributed by atoms with Gasteiger partial charge >= 0.3 is 11.9 Å². The van der Waals surface area contributed by atoms with Gasteiger partial charge in [-0.05, 0) is 24.5 Å². The van der Waals surface area contributed by atoms with Gasteiger partial charge in [-0.25, -0.2) is 0 Å². The molecule has 3 aliphatic rings. The average Bonchev–Trinajstić information content (AvgIpc) is 3.44. The number of amides is 1. The van der Waals surface area contributed by atoms with Gasteiger partial charge < -0.3 is 14.4 Å². The van der Waals surface area contributed by atoms with Crippen LogP contribution in [0.5, 0.6) is 0 Å². The Balaban J connectivity index is 1.50. The zero-order valence-electron chi connectivity index (χ0n) is 17.5. The molecule has 4 atom stereocenters. The standard InChI is InChI=1S/C23H28N2O5/c1-16(26)29-14-23-13-19(23)20(12-21(23)30-17(2)27)24-10-6-7-11-25(15-24)22(28)18-8-4-3-5-9-18/h3-9,19-21H,10-15H2,1-2H3/t19-,20+,21+,23+/m1/s1. The van der Waals surface area contributed by atoms with Crippen LogP contribution in [0.2, 0.25) is 0 Å². The smallest absolute Gasteiger partial charge is 0.302 e. The second-order valence-corrected chi connectivity index (χ2v) is 8.50. The molecule has 1 amide bonds. The van der Waals surface area contributed by atoms with Gasteiger partial charge in [0, 0.05) is 50.4 Å². The lowest BCUT2D eigenvalue weighted by molar-refractivity contribution is -0.153. The Morgan fingerprint density at radius 2 is 1.80 bits per heavy atom. The maximum Gasteiger partial charge on any atom is 0.302 e. The van der Waals surface area contributed by atoms with E-state index in [1.54, 1.807) is 0 Å². The summed E-state index contributed by atoms with van der Waals surface area (Å²) in [5.74, 6) is -0.354. The highest BCUT2D eigenvalue weighted by molar-refractivity contribution is 5.94. The zero-order valence-corrected chi connectivity index (χ0v) is 17.5. The minimum Gasteiger partial charge on any atom is -0.465 e. The van der Waals surface area contributed by atoms with Crippen LogP contribution >= 0.6 is 0 Å². The van der Waals surface area contributed by atoms with Gasteiger partial charge in [-0.15, -0.1) is 0 Å². The highest BCUT2D eigenvalue weighted by Gasteiger charge is 2.70. The Morgan fingerprint density at radius 1 is 1.07 bits per heavy atom. The van der Waals surface area contributed by atoms with Crippen molar-refractivity contribution in [3.63, 3.8) is 0 Å². The van der Waals surface area contributed by atoms with Crippen molar-refractivity contribution in [3.8, 4) is 0 Å². The van der Waals surface area contributed by atoms with Crippen LogP contribution in [0.25, 0.3) is 0 Å². The number of esters is 2. The largest absolute Gasteiger partial charge is 0.465 e. The number of rotatable bonds is 5. The number of nitrogens with zero attached hydrogens (tertiary/aromatic N) is 2. The van der Waals surface area contributed by atoms with Crippen LogP contribution in [0.3, 0.4) is 0 Å². The van der Waals surface area contributed by atoms with E-state index in [9.17, 15) is 14.4 Å². The van der Waals surface area contributed by atoms with Crippen LogP contribution in [0, 0.1) is 11.3 Å². The van der Waals surface area contributed by atoms with Crippen LogP contribution in [0.4, 0.5) is 0 Å². The van der Waals surface area contributed by atoms with Gasteiger partial charge in [0.2, 0.25) is 0 Å². The molecule has 4 rings (SSSR count). The third-order valence-electron chi connectivity index (χ3n) is 6.55. The summed E-state index contributed by atoms with van der Waals surface area (Å²) < 4.78 is 11.0. The van der Waals surface area contributed by atoms with Crippen molar-refractivity contribution in [1.82, 2.24) is 9.80 Å². The molecular formula is C23H28N2O5. The fourth-order valence-electron chi connectivity index (χ4n) is 5.02. The SMILES string of the molecule is CC(=O)OC[C@@]12C[C@@H]1[C@@H](N1CC=CCN(C(=O)c3ccccc3)C1)C[C@@H]2OC(C)=O. The van der Waals surface area contributed by atoms with Crippen molar-refractivity contribution in [1.29, 1.82) is 0 Å². The molecule has 2 fully saturated rings. The van der Waals surface area contributed by atoms with E-state index in [0.717, 1.165) is 13.0 Å². The van der Waals surface area contributed by atoms with Crippen LogP contribution in [-0.2, 0) is 19.1 Å². The molecule has 0 bridgehead atoms. The lowest BCUT2D eigenvalue weighted by atomic mass is 10.0. The Morgan fingerprint density at radius 3 is 2.50 bits per heavy atom. The number of carbonyl (C=O) groups is 3. The van der Waals surface area contributed by atoms with E-state index < -0.39 is 0 Å². The lowest BCUT2D eigenvalue weighted by Crippen LogP contribution is -2.45. The second kappa shape index (κ2) is 8.22. The molecule has 2 saturated carbocycles. The number of fused-ring (bicyclic) bond motifs is 1. The molecule has 1 heterocycles. The van der Waals surface area contributed by atoms with Crippen molar-refractivity contribution in [3.05, 3.63) is 48.0 Å². The van der Waals surface area contributed by atoms with Crippen molar-refractivity contribution in [2.45, 2.75) is 38.8 Å². The van der Waals surface area contributed by atoms with Gasteiger partial charge in [0.05, 0.1) is 6.67 Å². The first-order valence-electron chi connectivity index (χ1n) is 10.4. The summed E-state index contributed by atoms with van der Waals surface area (Å²) in [4.78, 5) is 40.2. The molecule has 0 unspecified atom stereocenters. The van der Waals surface area contributed by atoms with Crippen molar-refractivity contribution in [2.75, 3.05) is 26.4 Å². The number of carbonyl (C=O) groups excluding carboxylic acids is 3. The maximum atomic E-state index is 13.0. The van der Waals surface area contributed by atoms with E-state index in [-0.39, 0.29) is 47.9 Å². The predicted molar refractivity (Wildman–Crippen MR) is 109 cm³/mol. The molecule has 1 aliphatic heterocycles. The van der Waals surface area contributed by atoms with Gasteiger partial charge in [0.25, 0.3) is 5.91 Å². The number of hydrogen-bond donors (Lipinski definition) is 0. The van der Waals surface area contributed by atoms with E-state index in [4.69, 9.17) is 9.47 Å². The molecule has 1 aromatic carbocycles. The number of ether oxygens (including phenoxy) is 2. The first-order valence-corrected chi connectivity index (χ1v) is 10.4. The molecule has 1 aromatic rings. The fourth-order valence-corrected chi connectivity index (χ4v) is 5.02. The van der Waals surface area contributed by atoms with Crippen LogP contribution in [-0.4, -0.2) is 66.2 Å². The summed E-state index contributed by atoms with van der Waals surface area (Å²) in [6.45, 7) is 4.90. The van der Waals surface area contributed by atoms with Gasteiger partial charge in [-0.3, -0.25) is 19.3 Å². The Bertz CT molecular complexity index is 854. The van der Waals surface area contributed by atoms with E-state index in [2.05, 4.69) is 11.0 Å². The summed E-state index contributed by atoms with van der Waals surface area (Å²) in [6, 6.07) is 9.46. The topological polar surface area (TPSA) is 76.2 Å². The van der Waals surface area contributed by atoms with E-state index in [0.29, 0.717) is 25.2 Å². The van der Waals surface area contributed by atoms with E-state index >= 15 is 0 Å². The molecule has 2 aliphatic carbocycles. The second-order valence-electron chi connectivity index (χ2n) is 8.50. The minimum absolute atomic E-state index is 0.00339. The lowest BCUT2D eigenvalue weighted by Gasteiger charge is -2.33. The molecule has 0 aromatic heterocycles. The van der Waals surface area contributed by atoms with Crippen LogP contribution in [0.1, 0.15) is 37.0 Å². The third kappa shape index (κ3) is 3.99. The summed E-state index contributed by atoms with van der Waals surface area (Å²) in [6.07, 6.45) is 5.39. The van der Waals surface area contributed by atoms with Crippen LogP contribution < -0.4 is 0 Å². The van der Waals surface area contributed by atoms with Crippen molar-refractivity contribution < 1.29 is 23.9 Å². The van der Waals surface area contributed by atoms with Gasteiger partial charge in [0.15, 0.2) is 0 Å². The minimum atomic E-state index is -0.322. The monoisotopic (exact) mass is 412 g/mol. The highest BCUT2D eigenvalue weighted by Crippen LogP contribution is 2.65. The van der Waals surface area contributed by atoms with Gasteiger partial charge in [-0.1, -0.05) is 30.4 Å². The average molecular weight is 412 g/mol. The number of hydrogen-bond acceptors (Lipinski definition) is 6. The van der Waals surface area contributed by atoms with E-state index in [1.807, 2.05) is 41.3 Å². The normalized spacial score (nSPS) is 30.3. The fraction of sp³-hybridized carbons (Fsp3) is 0.522. The molecule has 160 valence electrons. The predicted octanol–water partition coefficient (Wildman–Crippen LogP) is 2.23.